The van der Waals surface area contributed by atoms with E-state index in [0.29, 0.717) is 11.3 Å². The highest BCUT2D eigenvalue weighted by Crippen LogP contribution is 2.20. The molecule has 0 amide bonds. The van der Waals surface area contributed by atoms with Crippen LogP contribution >= 0.6 is 0 Å². The highest BCUT2D eigenvalue weighted by Gasteiger charge is 2.13. The SMILES string of the molecule is N#Cc1ccnc(-n2nc(Cc3ccc(F)cc3F)cc2O)c1. The van der Waals surface area contributed by atoms with Crippen molar-refractivity contribution in [2.24, 2.45) is 0 Å². The van der Waals surface area contributed by atoms with Gasteiger partial charge in [-0.2, -0.15) is 15.0 Å². The Morgan fingerprint density at radius 3 is 2.74 bits per heavy atom. The van der Waals surface area contributed by atoms with Gasteiger partial charge in [-0.1, -0.05) is 6.07 Å². The molecular formula is C16H10F2N4O. The summed E-state index contributed by atoms with van der Waals surface area (Å²) < 4.78 is 27.7. The van der Waals surface area contributed by atoms with Crippen molar-refractivity contribution in [2.45, 2.75) is 6.42 Å². The molecule has 0 unspecified atom stereocenters. The maximum absolute atomic E-state index is 13.7. The van der Waals surface area contributed by atoms with Crippen molar-refractivity contribution in [1.29, 1.82) is 5.26 Å². The minimum Gasteiger partial charge on any atom is -0.493 e. The first-order valence-electron chi connectivity index (χ1n) is 6.65. The highest BCUT2D eigenvalue weighted by atomic mass is 19.1. The summed E-state index contributed by atoms with van der Waals surface area (Å²) in [6, 6.07) is 9.61. The second kappa shape index (κ2) is 5.85. The Bertz CT molecular complexity index is 915. The first-order chi connectivity index (χ1) is 11.1. The number of benzene rings is 1. The van der Waals surface area contributed by atoms with Crippen LogP contribution in [0.3, 0.4) is 0 Å². The summed E-state index contributed by atoms with van der Waals surface area (Å²) in [5.41, 5.74) is 1.02. The molecule has 3 rings (SSSR count). The van der Waals surface area contributed by atoms with Gasteiger partial charge in [0, 0.05) is 30.8 Å². The fraction of sp³-hybridized carbons (Fsp3) is 0.0625. The van der Waals surface area contributed by atoms with Crippen molar-refractivity contribution in [2.75, 3.05) is 0 Å². The molecule has 2 aromatic heterocycles. The maximum Gasteiger partial charge on any atom is 0.215 e. The largest absolute Gasteiger partial charge is 0.493 e. The van der Waals surface area contributed by atoms with Gasteiger partial charge in [-0.15, -0.1) is 0 Å². The summed E-state index contributed by atoms with van der Waals surface area (Å²) in [6.45, 7) is 0. The quantitative estimate of drug-likeness (QED) is 0.807. The van der Waals surface area contributed by atoms with Gasteiger partial charge >= 0.3 is 0 Å². The Kier molecular flexibility index (Phi) is 3.73. The fourth-order valence-corrected chi connectivity index (χ4v) is 2.14. The number of nitrogens with zero attached hydrogens (tertiary/aromatic N) is 4. The Morgan fingerprint density at radius 2 is 2.00 bits per heavy atom. The summed E-state index contributed by atoms with van der Waals surface area (Å²) in [5, 5.41) is 23.0. The third-order valence-corrected chi connectivity index (χ3v) is 3.22. The van der Waals surface area contributed by atoms with Crippen LogP contribution in [0.25, 0.3) is 5.82 Å². The Hall–Kier alpha value is -3.27. The predicted octanol–water partition coefficient (Wildman–Crippen LogP) is 2.71. The summed E-state index contributed by atoms with van der Waals surface area (Å²) in [7, 11) is 0. The number of hydrogen-bond donors (Lipinski definition) is 1. The van der Waals surface area contributed by atoms with Gasteiger partial charge in [0.25, 0.3) is 0 Å². The molecule has 0 spiro atoms. The highest BCUT2D eigenvalue weighted by molar-refractivity contribution is 5.38. The standard InChI is InChI=1S/C16H10F2N4O/c17-12-2-1-11(14(18)7-12)6-13-8-16(23)22(21-13)15-5-10(9-19)3-4-20-15/h1-5,7-8,23H,6H2. The van der Waals surface area contributed by atoms with Gasteiger partial charge in [-0.05, 0) is 17.7 Å². The molecule has 1 aromatic carbocycles. The van der Waals surface area contributed by atoms with E-state index in [1.165, 1.54) is 30.5 Å². The van der Waals surface area contributed by atoms with E-state index in [1.807, 2.05) is 6.07 Å². The van der Waals surface area contributed by atoms with Gasteiger partial charge in [0.1, 0.15) is 11.6 Å². The van der Waals surface area contributed by atoms with Crippen LogP contribution in [0.2, 0.25) is 0 Å². The molecule has 0 saturated heterocycles. The topological polar surface area (TPSA) is 74.7 Å². The van der Waals surface area contributed by atoms with Gasteiger partial charge in [-0.3, -0.25) is 0 Å². The van der Waals surface area contributed by atoms with Crippen LogP contribution in [0.4, 0.5) is 8.78 Å². The van der Waals surface area contributed by atoms with Gasteiger partial charge in [0.05, 0.1) is 17.3 Å². The third kappa shape index (κ3) is 3.01. The molecule has 5 nitrogen and oxygen atoms in total. The van der Waals surface area contributed by atoms with Crippen LogP contribution in [0.1, 0.15) is 16.8 Å². The lowest BCUT2D eigenvalue weighted by molar-refractivity contribution is 0.432. The number of rotatable bonds is 3. The smallest absolute Gasteiger partial charge is 0.215 e. The van der Waals surface area contributed by atoms with E-state index in [0.717, 1.165) is 16.8 Å². The lowest BCUT2D eigenvalue weighted by Crippen LogP contribution is -2.01. The van der Waals surface area contributed by atoms with Crippen LogP contribution in [-0.4, -0.2) is 19.9 Å². The third-order valence-electron chi connectivity index (χ3n) is 3.22. The lowest BCUT2D eigenvalue weighted by atomic mass is 10.1. The zero-order valence-corrected chi connectivity index (χ0v) is 11.7. The first-order valence-corrected chi connectivity index (χ1v) is 6.65. The molecule has 0 saturated carbocycles. The van der Waals surface area contributed by atoms with Crippen LogP contribution < -0.4 is 0 Å². The van der Waals surface area contributed by atoms with Gasteiger partial charge in [0.2, 0.25) is 5.88 Å². The number of hydrogen-bond acceptors (Lipinski definition) is 4. The first kappa shape index (κ1) is 14.7. The molecule has 0 aliphatic rings. The van der Waals surface area contributed by atoms with Crippen molar-refractivity contribution >= 4 is 0 Å². The van der Waals surface area contributed by atoms with Crippen molar-refractivity contribution in [1.82, 2.24) is 14.8 Å². The molecule has 0 aliphatic heterocycles. The number of nitriles is 1. The molecule has 0 atom stereocenters. The lowest BCUT2D eigenvalue weighted by Gasteiger charge is -2.02. The van der Waals surface area contributed by atoms with Crippen LogP contribution in [-0.2, 0) is 6.42 Å². The van der Waals surface area contributed by atoms with Crippen LogP contribution in [0.15, 0.2) is 42.6 Å². The van der Waals surface area contributed by atoms with Crippen molar-refractivity contribution < 1.29 is 13.9 Å². The summed E-state index contributed by atoms with van der Waals surface area (Å²) in [6.07, 6.45) is 1.51. The predicted molar refractivity (Wildman–Crippen MR) is 76.9 cm³/mol. The molecule has 114 valence electrons. The minimum absolute atomic E-state index is 0.0879. The van der Waals surface area contributed by atoms with E-state index in [1.54, 1.807) is 0 Å². The molecule has 23 heavy (non-hydrogen) atoms. The van der Waals surface area contributed by atoms with Gasteiger partial charge in [0.15, 0.2) is 5.82 Å². The van der Waals surface area contributed by atoms with E-state index < -0.39 is 11.6 Å². The molecule has 2 heterocycles. The monoisotopic (exact) mass is 312 g/mol. The van der Waals surface area contributed by atoms with Crippen LogP contribution in [0, 0.1) is 23.0 Å². The zero-order valence-electron chi connectivity index (χ0n) is 11.7. The minimum atomic E-state index is -0.677. The second-order valence-corrected chi connectivity index (χ2v) is 4.83. The zero-order chi connectivity index (χ0) is 16.4. The van der Waals surface area contributed by atoms with E-state index >= 15 is 0 Å². The summed E-state index contributed by atoms with van der Waals surface area (Å²) in [5.74, 6) is -1.25. The van der Waals surface area contributed by atoms with Gasteiger partial charge < -0.3 is 5.11 Å². The molecular weight excluding hydrogens is 302 g/mol. The molecule has 0 bridgehead atoms. The Balaban J connectivity index is 1.93. The normalized spacial score (nSPS) is 10.5. The van der Waals surface area contributed by atoms with Crippen molar-refractivity contribution in [3.05, 3.63) is 71.1 Å². The van der Waals surface area contributed by atoms with Crippen molar-refractivity contribution in [3.63, 3.8) is 0 Å². The number of aromatic nitrogens is 3. The number of halogens is 2. The van der Waals surface area contributed by atoms with Crippen molar-refractivity contribution in [3.8, 4) is 17.8 Å². The average molecular weight is 312 g/mol. The van der Waals surface area contributed by atoms with E-state index in [2.05, 4.69) is 10.1 Å². The van der Waals surface area contributed by atoms with E-state index in [9.17, 15) is 13.9 Å². The second-order valence-electron chi connectivity index (χ2n) is 4.83. The van der Waals surface area contributed by atoms with Crippen LogP contribution in [0.5, 0.6) is 5.88 Å². The average Bonchev–Trinajstić information content (AvgIpc) is 2.91. The molecule has 0 fully saturated rings. The number of aromatic hydroxyl groups is 1. The van der Waals surface area contributed by atoms with Gasteiger partial charge in [-0.25, -0.2) is 13.8 Å². The molecule has 0 aliphatic carbocycles. The fourth-order valence-electron chi connectivity index (χ4n) is 2.14. The molecule has 0 radical (unpaired) electrons. The maximum atomic E-state index is 13.7. The van der Waals surface area contributed by atoms with E-state index in [4.69, 9.17) is 5.26 Å². The number of pyridine rings is 1. The Morgan fingerprint density at radius 1 is 1.17 bits per heavy atom. The summed E-state index contributed by atoms with van der Waals surface area (Å²) in [4.78, 5) is 4.03. The summed E-state index contributed by atoms with van der Waals surface area (Å²) >= 11 is 0. The molecule has 3 aromatic rings. The Labute approximate surface area is 130 Å². The van der Waals surface area contributed by atoms with E-state index in [-0.39, 0.29) is 23.7 Å². The molecule has 1 N–H and O–H groups in total. The molecule has 7 heteroatoms.